The maximum absolute atomic E-state index is 11.1. The number of rotatable bonds is 6. The Balaban J connectivity index is 2.42. The fraction of sp³-hybridized carbons (Fsp3) is 0.333. The molecule has 1 rings (SSSR count). The molecule has 0 saturated heterocycles. The maximum atomic E-state index is 11.1. The van der Waals surface area contributed by atoms with Gasteiger partial charge in [0.15, 0.2) is 0 Å². The molecule has 0 spiro atoms. The van der Waals surface area contributed by atoms with Gasteiger partial charge in [0.05, 0.1) is 6.54 Å². The Morgan fingerprint density at radius 1 is 1.37 bits per heavy atom. The summed E-state index contributed by atoms with van der Waals surface area (Å²) < 4.78 is 5.36. The summed E-state index contributed by atoms with van der Waals surface area (Å²) in [5.41, 5.74) is 0. The Bertz CT molecular complexity index is 436. The number of ether oxygens (including phenoxy) is 1. The molecule has 19 heavy (non-hydrogen) atoms. The minimum Gasteiger partial charge on any atom is -0.492 e. The van der Waals surface area contributed by atoms with E-state index in [1.807, 2.05) is 0 Å². The third-order valence-electron chi connectivity index (χ3n) is 2.33. The average molecular weight is 287 g/mol. The summed E-state index contributed by atoms with van der Waals surface area (Å²) in [4.78, 5) is 23.0. The third-order valence-corrected chi connectivity index (χ3v) is 2.58. The van der Waals surface area contributed by atoms with Crippen molar-refractivity contribution in [2.45, 2.75) is 0 Å². The van der Waals surface area contributed by atoms with Gasteiger partial charge >= 0.3 is 6.09 Å². The van der Waals surface area contributed by atoms with Gasteiger partial charge in [0.2, 0.25) is 5.91 Å². The first kappa shape index (κ1) is 15.1. The van der Waals surface area contributed by atoms with E-state index in [0.29, 0.717) is 10.8 Å². The van der Waals surface area contributed by atoms with Crippen LogP contribution < -0.4 is 10.1 Å². The van der Waals surface area contributed by atoms with Crippen LogP contribution in [0, 0.1) is 0 Å². The fourth-order valence-corrected chi connectivity index (χ4v) is 1.43. The summed E-state index contributed by atoms with van der Waals surface area (Å²) in [7, 11) is 1.45. The molecule has 0 fully saturated rings. The van der Waals surface area contributed by atoms with E-state index in [0.717, 1.165) is 4.90 Å². The summed E-state index contributed by atoms with van der Waals surface area (Å²) in [5, 5.41) is 11.9. The molecule has 104 valence electrons. The molecule has 0 bridgehead atoms. The largest absolute Gasteiger partial charge is 0.492 e. The van der Waals surface area contributed by atoms with Crippen LogP contribution in [-0.2, 0) is 4.79 Å². The number of benzene rings is 1. The molecule has 0 aromatic heterocycles. The first-order valence-corrected chi connectivity index (χ1v) is 5.97. The van der Waals surface area contributed by atoms with E-state index in [2.05, 4.69) is 5.32 Å². The lowest BCUT2D eigenvalue weighted by Gasteiger charge is -2.18. The molecule has 0 aliphatic heterocycles. The second-order valence-corrected chi connectivity index (χ2v) is 4.12. The first-order chi connectivity index (χ1) is 9.02. The number of carbonyl (C=O) groups excluding carboxylic acids is 1. The van der Waals surface area contributed by atoms with E-state index in [4.69, 9.17) is 21.4 Å². The summed E-state index contributed by atoms with van der Waals surface area (Å²) >= 11 is 5.73. The number of halogens is 1. The lowest BCUT2D eigenvalue weighted by molar-refractivity contribution is -0.121. The molecule has 1 aromatic rings. The van der Waals surface area contributed by atoms with Gasteiger partial charge in [0.25, 0.3) is 0 Å². The van der Waals surface area contributed by atoms with E-state index in [1.54, 1.807) is 24.3 Å². The highest BCUT2D eigenvalue weighted by Gasteiger charge is 2.14. The van der Waals surface area contributed by atoms with E-state index in [1.165, 1.54) is 7.05 Å². The van der Waals surface area contributed by atoms with Crippen molar-refractivity contribution in [1.29, 1.82) is 0 Å². The molecule has 2 N–H and O–H groups in total. The molecule has 0 aliphatic carbocycles. The van der Waals surface area contributed by atoms with E-state index in [9.17, 15) is 9.59 Å². The predicted octanol–water partition coefficient (Wildman–Crippen LogP) is 1.44. The smallest absolute Gasteiger partial charge is 0.407 e. The highest BCUT2D eigenvalue weighted by Crippen LogP contribution is 2.15. The average Bonchev–Trinajstić information content (AvgIpc) is 2.39. The zero-order valence-corrected chi connectivity index (χ0v) is 11.2. The van der Waals surface area contributed by atoms with Crippen LogP contribution in [0.15, 0.2) is 24.3 Å². The van der Waals surface area contributed by atoms with Crippen LogP contribution in [0.3, 0.4) is 0 Å². The number of hydrogen-bond acceptors (Lipinski definition) is 3. The summed E-state index contributed by atoms with van der Waals surface area (Å²) in [6.07, 6.45) is -1.16. The molecular formula is C12H15ClN2O4. The Morgan fingerprint density at radius 3 is 2.53 bits per heavy atom. The lowest BCUT2D eigenvalue weighted by atomic mass is 10.3. The fourth-order valence-electron chi connectivity index (χ4n) is 1.30. The standard InChI is InChI=1S/C12H15ClN2O4/c1-14-11(16)8-15(12(17)18)6-7-19-10-4-2-9(13)3-5-10/h2-5H,6-8H2,1H3,(H,14,16)(H,17,18). The summed E-state index contributed by atoms with van der Waals surface area (Å²) in [5.74, 6) is 0.226. The number of likely N-dealkylation sites (N-methyl/N-ethyl adjacent to an activating group) is 1. The van der Waals surface area contributed by atoms with Crippen LogP contribution >= 0.6 is 11.6 Å². The van der Waals surface area contributed by atoms with Gasteiger partial charge in [-0.05, 0) is 24.3 Å². The Kier molecular flexibility index (Phi) is 5.95. The topological polar surface area (TPSA) is 78.9 Å². The van der Waals surface area contributed by atoms with E-state index in [-0.39, 0.29) is 25.6 Å². The van der Waals surface area contributed by atoms with Gasteiger partial charge in [0, 0.05) is 12.1 Å². The Morgan fingerprint density at radius 2 is 2.00 bits per heavy atom. The molecule has 7 heteroatoms. The van der Waals surface area contributed by atoms with Crippen molar-refractivity contribution < 1.29 is 19.4 Å². The van der Waals surface area contributed by atoms with Gasteiger partial charge in [-0.15, -0.1) is 0 Å². The number of carboxylic acid groups (broad SMARTS) is 1. The highest BCUT2D eigenvalue weighted by molar-refractivity contribution is 6.30. The quantitative estimate of drug-likeness (QED) is 0.829. The molecule has 0 saturated carbocycles. The van der Waals surface area contributed by atoms with Crippen LogP contribution in [0.2, 0.25) is 5.02 Å². The first-order valence-electron chi connectivity index (χ1n) is 5.59. The minimum atomic E-state index is -1.16. The third kappa shape index (κ3) is 5.48. The highest BCUT2D eigenvalue weighted by atomic mass is 35.5. The lowest BCUT2D eigenvalue weighted by Crippen LogP contribution is -2.40. The predicted molar refractivity (Wildman–Crippen MR) is 70.6 cm³/mol. The zero-order chi connectivity index (χ0) is 14.3. The van der Waals surface area contributed by atoms with Crippen molar-refractivity contribution in [1.82, 2.24) is 10.2 Å². The molecule has 0 aliphatic rings. The van der Waals surface area contributed by atoms with E-state index >= 15 is 0 Å². The van der Waals surface area contributed by atoms with Gasteiger partial charge in [-0.1, -0.05) is 11.6 Å². The number of nitrogens with one attached hydrogen (secondary N) is 1. The van der Waals surface area contributed by atoms with Gasteiger partial charge in [-0.2, -0.15) is 0 Å². The van der Waals surface area contributed by atoms with E-state index < -0.39 is 6.09 Å². The van der Waals surface area contributed by atoms with Crippen LogP contribution in [0.5, 0.6) is 5.75 Å². The number of amides is 2. The molecular weight excluding hydrogens is 272 g/mol. The molecule has 6 nitrogen and oxygen atoms in total. The van der Waals surface area contributed by atoms with Gasteiger partial charge in [-0.25, -0.2) is 4.79 Å². The SMILES string of the molecule is CNC(=O)CN(CCOc1ccc(Cl)cc1)C(=O)O. The minimum absolute atomic E-state index is 0.103. The second-order valence-electron chi connectivity index (χ2n) is 3.68. The van der Waals surface area contributed by atoms with Crippen molar-refractivity contribution in [3.05, 3.63) is 29.3 Å². The summed E-state index contributed by atoms with van der Waals surface area (Å²) in [6.45, 7) is 0.0477. The molecule has 0 radical (unpaired) electrons. The van der Waals surface area contributed by atoms with Crippen LogP contribution in [0.4, 0.5) is 4.79 Å². The Labute approximate surface area is 115 Å². The molecule has 1 aromatic carbocycles. The molecule has 0 atom stereocenters. The van der Waals surface area contributed by atoms with Crippen molar-refractivity contribution in [3.8, 4) is 5.75 Å². The molecule has 0 heterocycles. The molecule has 2 amide bonds. The molecule has 0 unspecified atom stereocenters. The monoisotopic (exact) mass is 286 g/mol. The summed E-state index contributed by atoms with van der Waals surface area (Å²) in [6, 6.07) is 6.73. The second kappa shape index (κ2) is 7.48. The zero-order valence-electron chi connectivity index (χ0n) is 10.4. The number of carbonyl (C=O) groups is 2. The van der Waals surface area contributed by atoms with Crippen molar-refractivity contribution in [2.24, 2.45) is 0 Å². The van der Waals surface area contributed by atoms with Crippen LogP contribution in [-0.4, -0.2) is 48.8 Å². The van der Waals surface area contributed by atoms with Gasteiger partial charge in [-0.3, -0.25) is 9.69 Å². The maximum Gasteiger partial charge on any atom is 0.407 e. The van der Waals surface area contributed by atoms with Crippen molar-refractivity contribution in [2.75, 3.05) is 26.7 Å². The number of hydrogen-bond donors (Lipinski definition) is 2. The van der Waals surface area contributed by atoms with Crippen molar-refractivity contribution in [3.63, 3.8) is 0 Å². The van der Waals surface area contributed by atoms with Gasteiger partial charge < -0.3 is 15.2 Å². The van der Waals surface area contributed by atoms with Gasteiger partial charge in [0.1, 0.15) is 18.9 Å². The normalized spacial score (nSPS) is 9.79. The van der Waals surface area contributed by atoms with Crippen LogP contribution in [0.25, 0.3) is 0 Å². The van der Waals surface area contributed by atoms with Crippen LogP contribution in [0.1, 0.15) is 0 Å². The Hall–Kier alpha value is -1.95. The number of nitrogens with zero attached hydrogens (tertiary/aromatic N) is 1. The van der Waals surface area contributed by atoms with Crippen molar-refractivity contribution >= 4 is 23.6 Å².